The molecule has 2 N–H and O–H groups in total. The second-order valence-corrected chi connectivity index (χ2v) is 7.18. The normalized spacial score (nSPS) is 16.8. The van der Waals surface area contributed by atoms with Gasteiger partial charge in [-0.2, -0.15) is 28.8 Å². The zero-order valence-electron chi connectivity index (χ0n) is 15.8. The number of dihydropyridines is 1. The number of hydrogen-bond donors (Lipinski definition) is 2. The Balaban J connectivity index is 2.05. The van der Waals surface area contributed by atoms with E-state index < -0.39 is 23.4 Å². The number of nitrogens with one attached hydrogen (secondary N) is 2. The van der Waals surface area contributed by atoms with Crippen molar-refractivity contribution in [2.75, 3.05) is 0 Å². The molecule has 3 heterocycles. The zero-order valence-corrected chi connectivity index (χ0v) is 16.6. The van der Waals surface area contributed by atoms with Gasteiger partial charge in [-0.3, -0.25) is 5.10 Å². The molecule has 6 nitrogen and oxygen atoms in total. The van der Waals surface area contributed by atoms with Gasteiger partial charge in [-0.25, -0.2) is 4.98 Å². The highest BCUT2D eigenvalue weighted by Crippen LogP contribution is 2.45. The number of nitriles is 2. The van der Waals surface area contributed by atoms with E-state index in [9.17, 15) is 23.7 Å². The van der Waals surface area contributed by atoms with Crippen molar-refractivity contribution in [3.63, 3.8) is 0 Å². The van der Waals surface area contributed by atoms with Gasteiger partial charge in [-0.05, 0) is 36.8 Å². The van der Waals surface area contributed by atoms with Crippen molar-refractivity contribution in [1.29, 1.82) is 10.5 Å². The quantitative estimate of drug-likeness (QED) is 0.553. The van der Waals surface area contributed by atoms with Crippen molar-refractivity contribution >= 4 is 28.2 Å². The molecule has 0 saturated heterocycles. The fourth-order valence-corrected chi connectivity index (χ4v) is 3.82. The van der Waals surface area contributed by atoms with Gasteiger partial charge in [-0.1, -0.05) is 17.7 Å². The number of aromatic amines is 1. The molecule has 1 aliphatic rings. The summed E-state index contributed by atoms with van der Waals surface area (Å²) in [6.07, 6.45) is -3.48. The van der Waals surface area contributed by atoms with Crippen LogP contribution >= 0.6 is 11.6 Å². The molecule has 1 unspecified atom stereocenters. The van der Waals surface area contributed by atoms with Crippen LogP contribution < -0.4 is 5.32 Å². The third kappa shape index (κ3) is 3.39. The van der Waals surface area contributed by atoms with Gasteiger partial charge in [0.15, 0.2) is 0 Å². The molecule has 0 amide bonds. The molecule has 0 radical (unpaired) electrons. The number of fused-ring (bicyclic) bond motifs is 1. The minimum atomic E-state index is -4.86. The highest BCUT2D eigenvalue weighted by molar-refractivity contribution is 6.31. The highest BCUT2D eigenvalue weighted by Gasteiger charge is 2.44. The van der Waals surface area contributed by atoms with E-state index in [-0.39, 0.29) is 22.0 Å². The molecule has 31 heavy (non-hydrogen) atoms. The summed E-state index contributed by atoms with van der Waals surface area (Å²) in [5.74, 6) is -1.25. The topological polar surface area (TPSA) is 101 Å². The molecule has 1 aromatic carbocycles. The molecule has 0 saturated carbocycles. The van der Waals surface area contributed by atoms with Crippen LogP contribution in [0, 0.1) is 29.6 Å². The number of halogens is 4. The number of benzene rings is 1. The Morgan fingerprint density at radius 1 is 1.13 bits per heavy atom. The molecular formula is C21H12ClF3N6. The predicted octanol–water partition coefficient (Wildman–Crippen LogP) is 4.88. The molecule has 2 aromatic heterocycles. The summed E-state index contributed by atoms with van der Waals surface area (Å²) in [5, 5.41) is 29.4. The SMILES string of the molecule is Cc1[nH]nc2ccc(C3C(C#N)=C(c4cccnc4Cl)NC(C(F)(F)F)=C3C#N)cc12. The Morgan fingerprint density at radius 3 is 2.52 bits per heavy atom. The summed E-state index contributed by atoms with van der Waals surface area (Å²) in [5.41, 5.74) is -0.239. The lowest BCUT2D eigenvalue weighted by Crippen LogP contribution is -2.33. The van der Waals surface area contributed by atoms with Crippen LogP contribution in [0.1, 0.15) is 22.7 Å². The van der Waals surface area contributed by atoms with Gasteiger partial charge in [0, 0.05) is 22.8 Å². The summed E-state index contributed by atoms with van der Waals surface area (Å²) in [7, 11) is 0. The van der Waals surface area contributed by atoms with Crippen molar-refractivity contribution in [3.05, 3.63) is 75.3 Å². The summed E-state index contributed by atoms with van der Waals surface area (Å²) in [6.45, 7) is 1.77. The maximum absolute atomic E-state index is 13.9. The minimum Gasteiger partial charge on any atom is -0.349 e. The first kappa shape index (κ1) is 20.5. The molecule has 4 rings (SSSR count). The number of H-pyrrole nitrogens is 1. The molecule has 0 spiro atoms. The molecule has 1 atom stereocenters. The van der Waals surface area contributed by atoms with Crippen LogP contribution in [0.15, 0.2) is 53.4 Å². The van der Waals surface area contributed by atoms with Gasteiger partial charge < -0.3 is 5.32 Å². The Labute approximate surface area is 179 Å². The number of rotatable bonds is 2. The smallest absolute Gasteiger partial charge is 0.349 e. The van der Waals surface area contributed by atoms with Crippen molar-refractivity contribution in [2.45, 2.75) is 19.0 Å². The number of aromatic nitrogens is 3. The fourth-order valence-electron chi connectivity index (χ4n) is 3.61. The highest BCUT2D eigenvalue weighted by atomic mass is 35.5. The summed E-state index contributed by atoms with van der Waals surface area (Å²) in [4.78, 5) is 3.90. The van der Waals surface area contributed by atoms with E-state index in [0.29, 0.717) is 22.2 Å². The third-order valence-corrected chi connectivity index (χ3v) is 5.32. The van der Waals surface area contributed by atoms with Crippen LogP contribution in [0.2, 0.25) is 5.15 Å². The first-order valence-electron chi connectivity index (χ1n) is 8.94. The lowest BCUT2D eigenvalue weighted by molar-refractivity contribution is -0.0962. The number of nitrogens with zero attached hydrogens (tertiary/aromatic N) is 4. The summed E-state index contributed by atoms with van der Waals surface area (Å²) >= 11 is 6.12. The maximum Gasteiger partial charge on any atom is 0.432 e. The van der Waals surface area contributed by atoms with Gasteiger partial charge in [0.1, 0.15) is 10.9 Å². The van der Waals surface area contributed by atoms with Crippen molar-refractivity contribution < 1.29 is 13.2 Å². The Kier molecular flexibility index (Phi) is 4.92. The molecule has 154 valence electrons. The maximum atomic E-state index is 13.9. The van der Waals surface area contributed by atoms with Gasteiger partial charge in [0.25, 0.3) is 0 Å². The monoisotopic (exact) mass is 440 g/mol. The van der Waals surface area contributed by atoms with Crippen LogP contribution in [-0.4, -0.2) is 21.4 Å². The van der Waals surface area contributed by atoms with Crippen molar-refractivity contribution in [1.82, 2.24) is 20.5 Å². The number of aryl methyl sites for hydroxylation is 1. The molecular weight excluding hydrogens is 429 g/mol. The van der Waals surface area contributed by atoms with E-state index in [0.717, 1.165) is 0 Å². The average Bonchev–Trinajstić information content (AvgIpc) is 3.12. The van der Waals surface area contributed by atoms with E-state index in [1.807, 2.05) is 6.07 Å². The Bertz CT molecular complexity index is 1350. The minimum absolute atomic E-state index is 0.0695. The van der Waals surface area contributed by atoms with E-state index >= 15 is 0 Å². The third-order valence-electron chi connectivity index (χ3n) is 5.02. The second-order valence-electron chi connectivity index (χ2n) is 6.82. The number of allylic oxidation sites excluding steroid dienone is 3. The molecule has 10 heteroatoms. The molecule has 0 aliphatic carbocycles. The first-order chi connectivity index (χ1) is 14.8. The molecule has 3 aromatic rings. The molecule has 0 fully saturated rings. The first-order valence-corrected chi connectivity index (χ1v) is 9.32. The fraction of sp³-hybridized carbons (Fsp3) is 0.143. The van der Waals surface area contributed by atoms with E-state index in [2.05, 4.69) is 20.5 Å². The van der Waals surface area contributed by atoms with E-state index in [4.69, 9.17) is 11.6 Å². The van der Waals surface area contributed by atoms with Crippen molar-refractivity contribution in [3.8, 4) is 12.1 Å². The van der Waals surface area contributed by atoms with Gasteiger partial charge >= 0.3 is 6.18 Å². The lowest BCUT2D eigenvalue weighted by atomic mass is 9.80. The van der Waals surface area contributed by atoms with Crippen LogP contribution in [0.25, 0.3) is 16.6 Å². The Hall–Kier alpha value is -3.82. The van der Waals surface area contributed by atoms with E-state index in [1.54, 1.807) is 31.2 Å². The second kappa shape index (κ2) is 7.46. The summed E-state index contributed by atoms with van der Waals surface area (Å²) in [6, 6.07) is 11.4. The molecule has 0 bridgehead atoms. The van der Waals surface area contributed by atoms with Gasteiger partial charge in [-0.15, -0.1) is 0 Å². The Morgan fingerprint density at radius 2 is 1.87 bits per heavy atom. The predicted molar refractivity (Wildman–Crippen MR) is 107 cm³/mol. The lowest BCUT2D eigenvalue weighted by Gasteiger charge is -2.30. The van der Waals surface area contributed by atoms with Crippen LogP contribution in [0.5, 0.6) is 0 Å². The number of pyridine rings is 1. The number of alkyl halides is 3. The van der Waals surface area contributed by atoms with Crippen LogP contribution in [0.4, 0.5) is 13.2 Å². The largest absolute Gasteiger partial charge is 0.432 e. The zero-order chi connectivity index (χ0) is 22.3. The van der Waals surface area contributed by atoms with E-state index in [1.165, 1.54) is 18.3 Å². The van der Waals surface area contributed by atoms with Crippen LogP contribution in [-0.2, 0) is 0 Å². The standard InChI is InChI=1S/C21H12ClF3N6/c1-10-13-7-11(4-5-16(13)31-30-10)17-14(8-26)18(12-3-2-6-28-20(12)22)29-19(15(17)9-27)21(23,24)25/h2-7,17,29H,1H3,(H,30,31). The average molecular weight is 441 g/mol. The van der Waals surface area contributed by atoms with Crippen LogP contribution in [0.3, 0.4) is 0 Å². The molecule has 1 aliphatic heterocycles. The summed E-state index contributed by atoms with van der Waals surface area (Å²) < 4.78 is 41.7. The van der Waals surface area contributed by atoms with Crippen molar-refractivity contribution in [2.24, 2.45) is 0 Å². The number of hydrogen-bond acceptors (Lipinski definition) is 5. The van der Waals surface area contributed by atoms with Gasteiger partial charge in [0.2, 0.25) is 0 Å². The van der Waals surface area contributed by atoms with Gasteiger partial charge in [0.05, 0.1) is 40.4 Å².